The van der Waals surface area contributed by atoms with E-state index in [1.807, 2.05) is 7.05 Å². The Balaban J connectivity index is 2.58. The van der Waals surface area contributed by atoms with Crippen LogP contribution < -0.4 is 0 Å². The average molecular weight is 153 g/mol. The van der Waals surface area contributed by atoms with Crippen LogP contribution in [-0.2, 0) is 13.5 Å². The van der Waals surface area contributed by atoms with E-state index in [4.69, 9.17) is 5.11 Å². The summed E-state index contributed by atoms with van der Waals surface area (Å²) in [4.78, 5) is 0. The molecule has 0 aromatic carbocycles. The van der Waals surface area contributed by atoms with Crippen molar-refractivity contribution in [1.29, 1.82) is 0 Å². The first kappa shape index (κ1) is 8.34. The Morgan fingerprint density at radius 3 is 2.73 bits per heavy atom. The van der Waals surface area contributed by atoms with Gasteiger partial charge in [0.25, 0.3) is 0 Å². The maximum Gasteiger partial charge on any atom is 0.0434 e. The van der Waals surface area contributed by atoms with E-state index in [-0.39, 0.29) is 6.61 Å². The molecule has 0 aliphatic carbocycles. The molecule has 2 heteroatoms. The fourth-order valence-electron chi connectivity index (χ4n) is 1.18. The number of rotatable bonds is 3. The van der Waals surface area contributed by atoms with Gasteiger partial charge in [0.1, 0.15) is 0 Å². The minimum atomic E-state index is 0.286. The van der Waals surface area contributed by atoms with Crippen LogP contribution in [0.4, 0.5) is 0 Å². The molecule has 0 saturated heterocycles. The van der Waals surface area contributed by atoms with Crippen molar-refractivity contribution in [2.75, 3.05) is 6.61 Å². The fourth-order valence-corrected chi connectivity index (χ4v) is 1.18. The second-order valence-corrected chi connectivity index (χ2v) is 2.93. The second kappa shape index (κ2) is 3.58. The van der Waals surface area contributed by atoms with E-state index in [1.54, 1.807) is 0 Å². The minimum Gasteiger partial charge on any atom is -0.396 e. The first-order valence-corrected chi connectivity index (χ1v) is 3.96. The molecule has 1 aromatic heterocycles. The highest BCUT2D eigenvalue weighted by molar-refractivity contribution is 5.17. The smallest absolute Gasteiger partial charge is 0.0434 e. The zero-order valence-corrected chi connectivity index (χ0v) is 7.17. The summed E-state index contributed by atoms with van der Waals surface area (Å²) in [5, 5.41) is 8.60. The highest BCUT2D eigenvalue weighted by Gasteiger charge is 1.97. The maximum atomic E-state index is 8.60. The van der Waals surface area contributed by atoms with E-state index < -0.39 is 0 Å². The highest BCUT2D eigenvalue weighted by Crippen LogP contribution is 2.07. The predicted molar refractivity (Wildman–Crippen MR) is 45.6 cm³/mol. The Kier molecular flexibility index (Phi) is 2.71. The van der Waals surface area contributed by atoms with Crippen LogP contribution in [0.5, 0.6) is 0 Å². The molecule has 1 rings (SSSR count). The summed E-state index contributed by atoms with van der Waals surface area (Å²) < 4.78 is 2.10. The summed E-state index contributed by atoms with van der Waals surface area (Å²) >= 11 is 0. The van der Waals surface area contributed by atoms with Gasteiger partial charge in [0.15, 0.2) is 0 Å². The Hall–Kier alpha value is -0.760. The topological polar surface area (TPSA) is 25.2 Å². The molecule has 0 unspecified atom stereocenters. The van der Waals surface area contributed by atoms with E-state index in [1.165, 1.54) is 11.3 Å². The van der Waals surface area contributed by atoms with Crippen LogP contribution in [0, 0.1) is 6.92 Å². The highest BCUT2D eigenvalue weighted by atomic mass is 16.2. The number of hydrogen-bond acceptors (Lipinski definition) is 1. The van der Waals surface area contributed by atoms with Gasteiger partial charge in [-0.15, -0.1) is 0 Å². The Bertz CT molecular complexity index is 208. The van der Waals surface area contributed by atoms with Gasteiger partial charge in [-0.2, -0.15) is 0 Å². The summed E-state index contributed by atoms with van der Waals surface area (Å²) in [6.45, 7) is 2.37. The quantitative estimate of drug-likeness (QED) is 0.694. The van der Waals surface area contributed by atoms with Gasteiger partial charge >= 0.3 is 0 Å². The lowest BCUT2D eigenvalue weighted by molar-refractivity contribution is 0.288. The van der Waals surface area contributed by atoms with Crippen LogP contribution in [0.2, 0.25) is 0 Å². The molecule has 0 aliphatic heterocycles. The largest absolute Gasteiger partial charge is 0.396 e. The second-order valence-electron chi connectivity index (χ2n) is 2.93. The van der Waals surface area contributed by atoms with Crippen LogP contribution in [0.3, 0.4) is 0 Å². The first-order chi connectivity index (χ1) is 5.24. The van der Waals surface area contributed by atoms with Gasteiger partial charge in [0.2, 0.25) is 0 Å². The fraction of sp³-hybridized carbons (Fsp3) is 0.556. The number of aliphatic hydroxyl groups excluding tert-OH is 1. The summed E-state index contributed by atoms with van der Waals surface area (Å²) in [6, 6.07) is 2.16. The van der Waals surface area contributed by atoms with Crippen molar-refractivity contribution in [1.82, 2.24) is 4.57 Å². The van der Waals surface area contributed by atoms with Gasteiger partial charge in [0, 0.05) is 25.5 Å². The summed E-state index contributed by atoms with van der Waals surface area (Å²) in [5.41, 5.74) is 2.59. The predicted octanol–water partition coefficient (Wildman–Crippen LogP) is 1.26. The molecular formula is C9H15NO. The number of aryl methyl sites for hydroxylation is 3. The normalized spacial score (nSPS) is 10.5. The SMILES string of the molecule is Cc1cc(CCCO)cn1C. The lowest BCUT2D eigenvalue weighted by Crippen LogP contribution is -1.87. The summed E-state index contributed by atoms with van der Waals surface area (Å²) in [6.07, 6.45) is 3.96. The Morgan fingerprint density at radius 1 is 1.55 bits per heavy atom. The molecule has 11 heavy (non-hydrogen) atoms. The molecule has 0 fully saturated rings. The van der Waals surface area contributed by atoms with E-state index in [0.717, 1.165) is 12.8 Å². The molecule has 2 nitrogen and oxygen atoms in total. The van der Waals surface area contributed by atoms with Gasteiger partial charge < -0.3 is 9.67 Å². The van der Waals surface area contributed by atoms with Crippen LogP contribution in [-0.4, -0.2) is 16.3 Å². The van der Waals surface area contributed by atoms with E-state index in [9.17, 15) is 0 Å². The molecule has 0 atom stereocenters. The monoisotopic (exact) mass is 153 g/mol. The molecule has 0 bridgehead atoms. The van der Waals surface area contributed by atoms with Crippen molar-refractivity contribution >= 4 is 0 Å². The van der Waals surface area contributed by atoms with Crippen LogP contribution in [0.25, 0.3) is 0 Å². The number of aromatic nitrogens is 1. The van der Waals surface area contributed by atoms with Gasteiger partial charge in [-0.3, -0.25) is 0 Å². The molecule has 62 valence electrons. The molecule has 0 aliphatic rings. The van der Waals surface area contributed by atoms with Crippen LogP contribution in [0.1, 0.15) is 17.7 Å². The number of nitrogens with zero attached hydrogens (tertiary/aromatic N) is 1. The maximum absolute atomic E-state index is 8.60. The third kappa shape index (κ3) is 2.09. The van der Waals surface area contributed by atoms with Gasteiger partial charge in [-0.1, -0.05) is 0 Å². The van der Waals surface area contributed by atoms with E-state index in [0.29, 0.717) is 0 Å². The number of hydrogen-bond donors (Lipinski definition) is 1. The van der Waals surface area contributed by atoms with E-state index >= 15 is 0 Å². The van der Waals surface area contributed by atoms with E-state index in [2.05, 4.69) is 23.8 Å². The summed E-state index contributed by atoms with van der Waals surface area (Å²) in [5.74, 6) is 0. The molecule has 1 N–H and O–H groups in total. The van der Waals surface area contributed by atoms with Gasteiger partial charge in [-0.05, 0) is 31.4 Å². The standard InChI is InChI=1S/C9H15NO/c1-8-6-9(4-3-5-11)7-10(8)2/h6-7,11H,3-5H2,1-2H3. The molecule has 0 spiro atoms. The Morgan fingerprint density at radius 2 is 2.27 bits per heavy atom. The first-order valence-electron chi connectivity index (χ1n) is 3.96. The third-order valence-electron chi connectivity index (χ3n) is 1.93. The third-order valence-corrected chi connectivity index (χ3v) is 1.93. The molecule has 0 radical (unpaired) electrons. The van der Waals surface area contributed by atoms with Crippen LogP contribution in [0.15, 0.2) is 12.3 Å². The van der Waals surface area contributed by atoms with Gasteiger partial charge in [-0.25, -0.2) is 0 Å². The van der Waals surface area contributed by atoms with Crippen molar-refractivity contribution in [3.63, 3.8) is 0 Å². The lowest BCUT2D eigenvalue weighted by atomic mass is 10.2. The molecule has 1 heterocycles. The molecule has 0 saturated carbocycles. The van der Waals surface area contributed by atoms with Crippen molar-refractivity contribution in [3.05, 3.63) is 23.5 Å². The van der Waals surface area contributed by atoms with Crippen molar-refractivity contribution in [3.8, 4) is 0 Å². The van der Waals surface area contributed by atoms with Gasteiger partial charge in [0.05, 0.1) is 0 Å². The Labute approximate surface area is 67.5 Å². The average Bonchev–Trinajstić information content (AvgIpc) is 2.28. The van der Waals surface area contributed by atoms with Crippen molar-refractivity contribution < 1.29 is 5.11 Å². The van der Waals surface area contributed by atoms with Crippen molar-refractivity contribution in [2.45, 2.75) is 19.8 Å². The van der Waals surface area contributed by atoms with Crippen molar-refractivity contribution in [2.24, 2.45) is 7.05 Å². The molecular weight excluding hydrogens is 138 g/mol. The summed E-state index contributed by atoms with van der Waals surface area (Å²) in [7, 11) is 2.04. The van der Waals surface area contributed by atoms with Crippen LogP contribution >= 0.6 is 0 Å². The zero-order chi connectivity index (χ0) is 8.27. The molecule has 1 aromatic rings. The zero-order valence-electron chi connectivity index (χ0n) is 7.17. The minimum absolute atomic E-state index is 0.286. The number of aliphatic hydroxyl groups is 1. The lowest BCUT2D eigenvalue weighted by Gasteiger charge is -1.92. The molecule has 0 amide bonds.